The quantitative estimate of drug-likeness (QED) is 0.731. The zero-order valence-electron chi connectivity index (χ0n) is 14.9. The Morgan fingerprint density at radius 2 is 1.77 bits per heavy atom. The molecular formula is C16H31N3O2Si. The van der Waals surface area contributed by atoms with Crippen molar-refractivity contribution in [2.75, 3.05) is 26.8 Å². The van der Waals surface area contributed by atoms with E-state index < -0.39 is 8.32 Å². The highest BCUT2D eigenvalue weighted by atomic mass is 28.4. The van der Waals surface area contributed by atoms with Gasteiger partial charge in [0.2, 0.25) is 0 Å². The normalized spacial score (nSPS) is 20.9. The van der Waals surface area contributed by atoms with Crippen LogP contribution in [0, 0.1) is 0 Å². The summed E-state index contributed by atoms with van der Waals surface area (Å²) < 4.78 is 6.48. The Morgan fingerprint density at radius 3 is 2.23 bits per heavy atom. The van der Waals surface area contributed by atoms with Gasteiger partial charge in [0, 0.05) is 38.6 Å². The van der Waals surface area contributed by atoms with Crippen molar-refractivity contribution in [1.82, 2.24) is 14.7 Å². The van der Waals surface area contributed by atoms with Crippen LogP contribution in [0.5, 0.6) is 0 Å². The molecular weight excluding hydrogens is 294 g/mol. The minimum Gasteiger partial charge on any atom is -0.414 e. The third-order valence-electron chi connectivity index (χ3n) is 5.10. The van der Waals surface area contributed by atoms with Crippen LogP contribution in [-0.2, 0) is 4.43 Å². The Hall–Kier alpha value is -1.01. The predicted molar refractivity (Wildman–Crippen MR) is 91.9 cm³/mol. The standard InChI is InChI=1S/C16H31N3O2Si/c1-16(2,3)22(5,6)21-14-7-9-18(10-8-14)15(20)19-12-11-17(4)13-19/h11-12,14H,7-10,13H2,1-6H3. The number of carbonyl (C=O) groups is 1. The fourth-order valence-electron chi connectivity index (χ4n) is 2.59. The number of rotatable bonds is 2. The molecule has 2 aliphatic heterocycles. The van der Waals surface area contributed by atoms with Gasteiger partial charge in [0.1, 0.15) is 0 Å². The van der Waals surface area contributed by atoms with Crippen molar-refractivity contribution >= 4 is 14.3 Å². The van der Waals surface area contributed by atoms with Gasteiger partial charge in [0.05, 0.1) is 6.67 Å². The summed E-state index contributed by atoms with van der Waals surface area (Å²) in [7, 11) is 0.267. The molecule has 0 aromatic rings. The summed E-state index contributed by atoms with van der Waals surface area (Å²) in [4.78, 5) is 18.2. The molecule has 0 N–H and O–H groups in total. The number of urea groups is 1. The number of likely N-dealkylation sites (tertiary alicyclic amines) is 1. The van der Waals surface area contributed by atoms with Gasteiger partial charge in [0.15, 0.2) is 8.32 Å². The number of hydrogen-bond donors (Lipinski definition) is 0. The van der Waals surface area contributed by atoms with Crippen LogP contribution >= 0.6 is 0 Å². The van der Waals surface area contributed by atoms with Gasteiger partial charge in [0.25, 0.3) is 0 Å². The van der Waals surface area contributed by atoms with E-state index in [1.165, 1.54) is 0 Å². The van der Waals surface area contributed by atoms with Crippen LogP contribution in [0.25, 0.3) is 0 Å². The van der Waals surface area contributed by atoms with Gasteiger partial charge >= 0.3 is 6.03 Å². The van der Waals surface area contributed by atoms with Crippen LogP contribution in [0.4, 0.5) is 4.79 Å². The predicted octanol–water partition coefficient (Wildman–Crippen LogP) is 3.27. The van der Waals surface area contributed by atoms with Gasteiger partial charge in [-0.2, -0.15) is 0 Å². The third-order valence-corrected chi connectivity index (χ3v) is 9.64. The first-order valence-electron chi connectivity index (χ1n) is 8.22. The summed E-state index contributed by atoms with van der Waals surface area (Å²) in [6, 6.07) is 0.117. The first-order chi connectivity index (χ1) is 10.1. The van der Waals surface area contributed by atoms with Crippen molar-refractivity contribution in [3.63, 3.8) is 0 Å². The molecule has 0 unspecified atom stereocenters. The van der Waals surface area contributed by atoms with E-state index in [-0.39, 0.29) is 11.1 Å². The van der Waals surface area contributed by atoms with Gasteiger partial charge in [-0.3, -0.25) is 4.90 Å². The van der Waals surface area contributed by atoms with Crippen molar-refractivity contribution in [2.45, 2.75) is 57.8 Å². The first-order valence-corrected chi connectivity index (χ1v) is 11.1. The number of amides is 2. The van der Waals surface area contributed by atoms with Crippen LogP contribution in [0.3, 0.4) is 0 Å². The number of carbonyl (C=O) groups excluding carboxylic acids is 1. The summed E-state index contributed by atoms with van der Waals surface area (Å²) in [5.74, 6) is 0. The molecule has 2 heterocycles. The molecule has 0 aliphatic carbocycles. The van der Waals surface area contributed by atoms with Crippen LogP contribution in [0.15, 0.2) is 12.4 Å². The number of nitrogens with zero attached hydrogens (tertiary/aromatic N) is 3. The second-order valence-corrected chi connectivity index (χ2v) is 12.8. The molecule has 0 aromatic heterocycles. The van der Waals surface area contributed by atoms with E-state index in [0.29, 0.717) is 12.8 Å². The zero-order valence-corrected chi connectivity index (χ0v) is 15.9. The SMILES string of the molecule is CN1C=CN(C(=O)N2CCC(O[Si](C)(C)C(C)(C)C)CC2)C1. The molecule has 2 amide bonds. The molecule has 0 saturated carbocycles. The molecule has 1 saturated heterocycles. The Balaban J connectivity index is 1.83. The maximum atomic E-state index is 12.4. The third kappa shape index (κ3) is 3.84. The molecule has 5 nitrogen and oxygen atoms in total. The Morgan fingerprint density at radius 1 is 1.18 bits per heavy atom. The molecule has 2 rings (SSSR count). The van der Waals surface area contributed by atoms with E-state index in [1.807, 2.05) is 29.2 Å². The molecule has 2 aliphatic rings. The molecule has 1 fully saturated rings. The molecule has 126 valence electrons. The van der Waals surface area contributed by atoms with Crippen molar-refractivity contribution in [3.8, 4) is 0 Å². The van der Waals surface area contributed by atoms with Crippen LogP contribution < -0.4 is 0 Å². The maximum Gasteiger partial charge on any atom is 0.325 e. The fourth-order valence-corrected chi connectivity index (χ4v) is 4.02. The number of hydrogen-bond acceptors (Lipinski definition) is 3. The van der Waals surface area contributed by atoms with Gasteiger partial charge in [-0.25, -0.2) is 4.79 Å². The van der Waals surface area contributed by atoms with E-state index in [1.54, 1.807) is 4.90 Å². The molecule has 0 atom stereocenters. The van der Waals surface area contributed by atoms with E-state index in [0.717, 1.165) is 25.9 Å². The zero-order chi connectivity index (χ0) is 16.5. The van der Waals surface area contributed by atoms with Crippen LogP contribution in [0.1, 0.15) is 33.6 Å². The summed E-state index contributed by atoms with van der Waals surface area (Å²) in [6.45, 7) is 13.7. The Kier molecular flexibility index (Phi) is 4.92. The highest BCUT2D eigenvalue weighted by molar-refractivity contribution is 6.74. The van der Waals surface area contributed by atoms with Gasteiger partial charge < -0.3 is 14.2 Å². The van der Waals surface area contributed by atoms with E-state index in [9.17, 15) is 4.79 Å². The summed E-state index contributed by atoms with van der Waals surface area (Å²) in [6.07, 6.45) is 6.00. The molecule has 22 heavy (non-hydrogen) atoms. The summed E-state index contributed by atoms with van der Waals surface area (Å²) in [5.41, 5.74) is 0. The van der Waals surface area contributed by atoms with Gasteiger partial charge in [-0.15, -0.1) is 0 Å². The molecule has 0 bridgehead atoms. The lowest BCUT2D eigenvalue weighted by Gasteiger charge is -2.42. The van der Waals surface area contributed by atoms with Crippen molar-refractivity contribution in [3.05, 3.63) is 12.4 Å². The van der Waals surface area contributed by atoms with Gasteiger partial charge in [-0.1, -0.05) is 20.8 Å². The highest BCUT2D eigenvalue weighted by Crippen LogP contribution is 2.38. The van der Waals surface area contributed by atoms with E-state index in [2.05, 4.69) is 33.9 Å². The van der Waals surface area contributed by atoms with Crippen LogP contribution in [-0.4, -0.2) is 62.0 Å². The Labute approximate surface area is 136 Å². The number of piperidine rings is 1. The monoisotopic (exact) mass is 325 g/mol. The Bertz CT molecular complexity index is 437. The molecule has 0 aromatic carbocycles. The minimum absolute atomic E-state index is 0.117. The topological polar surface area (TPSA) is 36.0 Å². The summed E-state index contributed by atoms with van der Waals surface area (Å²) >= 11 is 0. The molecule has 6 heteroatoms. The minimum atomic E-state index is -1.71. The maximum absolute atomic E-state index is 12.4. The van der Waals surface area contributed by atoms with Crippen molar-refractivity contribution in [1.29, 1.82) is 0 Å². The smallest absolute Gasteiger partial charge is 0.325 e. The molecule has 0 radical (unpaired) electrons. The lowest BCUT2D eigenvalue weighted by Crippen LogP contribution is -2.50. The molecule has 0 spiro atoms. The fraction of sp³-hybridized carbons (Fsp3) is 0.812. The second kappa shape index (κ2) is 6.24. The van der Waals surface area contributed by atoms with Crippen molar-refractivity contribution < 1.29 is 9.22 Å². The highest BCUT2D eigenvalue weighted by Gasteiger charge is 2.40. The van der Waals surface area contributed by atoms with Gasteiger partial charge in [-0.05, 0) is 31.0 Å². The lowest BCUT2D eigenvalue weighted by molar-refractivity contribution is 0.0904. The van der Waals surface area contributed by atoms with E-state index in [4.69, 9.17) is 4.43 Å². The lowest BCUT2D eigenvalue weighted by atomic mass is 10.1. The average molecular weight is 326 g/mol. The first kappa shape index (κ1) is 17.3. The average Bonchev–Trinajstić information content (AvgIpc) is 2.84. The van der Waals surface area contributed by atoms with Crippen molar-refractivity contribution in [2.24, 2.45) is 0 Å². The summed E-state index contributed by atoms with van der Waals surface area (Å²) in [5, 5.41) is 0.241. The largest absolute Gasteiger partial charge is 0.414 e. The van der Waals surface area contributed by atoms with E-state index >= 15 is 0 Å². The second-order valence-electron chi connectivity index (χ2n) is 8.01. The van der Waals surface area contributed by atoms with Crippen LogP contribution in [0.2, 0.25) is 18.1 Å².